The van der Waals surface area contributed by atoms with E-state index in [1.54, 1.807) is 0 Å². The number of carbonyl (C=O) groups is 1. The Labute approximate surface area is 80.5 Å². The van der Waals surface area contributed by atoms with E-state index in [-0.39, 0.29) is 5.78 Å². The molecule has 0 radical (unpaired) electrons. The zero-order valence-corrected chi connectivity index (χ0v) is 8.55. The third-order valence-corrected chi connectivity index (χ3v) is 2.71. The van der Waals surface area contributed by atoms with Crippen LogP contribution < -0.4 is 0 Å². The van der Waals surface area contributed by atoms with E-state index >= 15 is 0 Å². The first-order valence-corrected chi connectivity index (χ1v) is 4.99. The molecule has 0 saturated heterocycles. The summed E-state index contributed by atoms with van der Waals surface area (Å²) < 4.78 is 0. The van der Waals surface area contributed by atoms with Gasteiger partial charge in [-0.1, -0.05) is 25.5 Å². The summed E-state index contributed by atoms with van der Waals surface area (Å²) in [7, 11) is 0. The first-order valence-electron chi connectivity index (χ1n) is 4.99. The number of ketones is 1. The van der Waals surface area contributed by atoms with Crippen molar-refractivity contribution in [1.82, 2.24) is 0 Å². The molecule has 1 heteroatoms. The molecular formula is C12H18O. The standard InChI is InChI=1S/C12H18O/c1-4-5-10-8-11(13)6-7-12(10)9(2)3/h4,8-9,12H,1,5-7H2,2-3H3. The lowest BCUT2D eigenvalue weighted by Crippen LogP contribution is -2.18. The van der Waals surface area contributed by atoms with Gasteiger partial charge in [0.2, 0.25) is 0 Å². The second-order valence-electron chi connectivity index (χ2n) is 4.07. The molecule has 1 unspecified atom stereocenters. The van der Waals surface area contributed by atoms with Crippen molar-refractivity contribution in [1.29, 1.82) is 0 Å². The van der Waals surface area contributed by atoms with Crippen molar-refractivity contribution in [2.24, 2.45) is 11.8 Å². The van der Waals surface area contributed by atoms with Crippen LogP contribution in [0.5, 0.6) is 0 Å². The maximum atomic E-state index is 11.2. The highest BCUT2D eigenvalue weighted by atomic mass is 16.1. The van der Waals surface area contributed by atoms with Crippen LogP contribution in [-0.2, 0) is 4.79 Å². The van der Waals surface area contributed by atoms with E-state index in [1.165, 1.54) is 5.57 Å². The summed E-state index contributed by atoms with van der Waals surface area (Å²) in [6, 6.07) is 0. The van der Waals surface area contributed by atoms with Crippen LogP contribution in [0.3, 0.4) is 0 Å². The predicted octanol–water partition coefficient (Wildman–Crippen LogP) is 3.12. The van der Waals surface area contributed by atoms with Gasteiger partial charge in [0.25, 0.3) is 0 Å². The number of rotatable bonds is 3. The molecule has 0 aliphatic heterocycles. The molecule has 1 nitrogen and oxygen atoms in total. The van der Waals surface area contributed by atoms with Gasteiger partial charge < -0.3 is 0 Å². The van der Waals surface area contributed by atoms with Gasteiger partial charge in [-0.25, -0.2) is 0 Å². The van der Waals surface area contributed by atoms with Crippen LogP contribution in [0, 0.1) is 11.8 Å². The van der Waals surface area contributed by atoms with Crippen molar-refractivity contribution in [3.8, 4) is 0 Å². The molecule has 1 atom stereocenters. The van der Waals surface area contributed by atoms with Crippen LogP contribution in [0.1, 0.15) is 33.1 Å². The summed E-state index contributed by atoms with van der Waals surface area (Å²) in [5.74, 6) is 1.52. The highest BCUT2D eigenvalue weighted by molar-refractivity contribution is 5.91. The summed E-state index contributed by atoms with van der Waals surface area (Å²) in [5.41, 5.74) is 1.28. The SMILES string of the molecule is C=CCC1=CC(=O)CCC1C(C)C. The maximum absolute atomic E-state index is 11.2. The van der Waals surface area contributed by atoms with Crippen molar-refractivity contribution in [2.45, 2.75) is 33.1 Å². The van der Waals surface area contributed by atoms with E-state index in [9.17, 15) is 4.79 Å². The Morgan fingerprint density at radius 1 is 1.69 bits per heavy atom. The molecule has 0 amide bonds. The molecule has 0 aromatic heterocycles. The molecule has 0 aromatic carbocycles. The molecular weight excluding hydrogens is 160 g/mol. The molecule has 0 N–H and O–H groups in total. The molecule has 0 fully saturated rings. The fourth-order valence-corrected chi connectivity index (χ4v) is 2.01. The van der Waals surface area contributed by atoms with Gasteiger partial charge in [-0.3, -0.25) is 4.79 Å². The van der Waals surface area contributed by atoms with Crippen LogP contribution >= 0.6 is 0 Å². The number of carbonyl (C=O) groups excluding carboxylic acids is 1. The Morgan fingerprint density at radius 3 is 2.92 bits per heavy atom. The van der Waals surface area contributed by atoms with Crippen LogP contribution in [0.25, 0.3) is 0 Å². The van der Waals surface area contributed by atoms with Crippen molar-refractivity contribution in [2.75, 3.05) is 0 Å². The van der Waals surface area contributed by atoms with Gasteiger partial charge in [0, 0.05) is 6.42 Å². The molecule has 0 spiro atoms. The number of hydrogen-bond donors (Lipinski definition) is 0. The van der Waals surface area contributed by atoms with Crippen LogP contribution in [0.4, 0.5) is 0 Å². The molecule has 1 aliphatic rings. The minimum Gasteiger partial charge on any atom is -0.295 e. The van der Waals surface area contributed by atoms with E-state index in [4.69, 9.17) is 0 Å². The monoisotopic (exact) mass is 178 g/mol. The highest BCUT2D eigenvalue weighted by Crippen LogP contribution is 2.31. The van der Waals surface area contributed by atoms with E-state index in [0.29, 0.717) is 11.8 Å². The van der Waals surface area contributed by atoms with Gasteiger partial charge >= 0.3 is 0 Å². The molecule has 0 heterocycles. The van der Waals surface area contributed by atoms with E-state index in [2.05, 4.69) is 20.4 Å². The molecule has 1 rings (SSSR count). The second kappa shape index (κ2) is 4.40. The Kier molecular flexibility index (Phi) is 3.47. The normalized spacial score (nSPS) is 23.2. The summed E-state index contributed by atoms with van der Waals surface area (Å²) in [6.45, 7) is 8.16. The summed E-state index contributed by atoms with van der Waals surface area (Å²) in [6.07, 6.45) is 6.34. The molecule has 0 bridgehead atoms. The van der Waals surface area contributed by atoms with Crippen LogP contribution in [0.2, 0.25) is 0 Å². The zero-order chi connectivity index (χ0) is 9.84. The number of hydrogen-bond acceptors (Lipinski definition) is 1. The van der Waals surface area contributed by atoms with Gasteiger partial charge in [0.05, 0.1) is 0 Å². The Balaban J connectivity index is 2.79. The fraction of sp³-hybridized carbons (Fsp3) is 0.583. The smallest absolute Gasteiger partial charge is 0.155 e. The van der Waals surface area contributed by atoms with Crippen molar-refractivity contribution in [3.05, 3.63) is 24.3 Å². The molecule has 13 heavy (non-hydrogen) atoms. The van der Waals surface area contributed by atoms with Gasteiger partial charge in [-0.05, 0) is 30.8 Å². The van der Waals surface area contributed by atoms with Gasteiger partial charge in [0.1, 0.15) is 0 Å². The first-order chi connectivity index (χ1) is 6.15. The Hall–Kier alpha value is -0.850. The van der Waals surface area contributed by atoms with Crippen molar-refractivity contribution < 1.29 is 4.79 Å². The summed E-state index contributed by atoms with van der Waals surface area (Å²) in [4.78, 5) is 11.2. The van der Waals surface area contributed by atoms with E-state index < -0.39 is 0 Å². The van der Waals surface area contributed by atoms with Crippen LogP contribution in [-0.4, -0.2) is 5.78 Å². The largest absolute Gasteiger partial charge is 0.295 e. The zero-order valence-electron chi connectivity index (χ0n) is 8.55. The predicted molar refractivity (Wildman–Crippen MR) is 55.5 cm³/mol. The lowest BCUT2D eigenvalue weighted by Gasteiger charge is -2.26. The van der Waals surface area contributed by atoms with Gasteiger partial charge in [-0.15, -0.1) is 6.58 Å². The lowest BCUT2D eigenvalue weighted by atomic mass is 9.78. The van der Waals surface area contributed by atoms with Gasteiger partial charge in [-0.2, -0.15) is 0 Å². The molecule has 0 saturated carbocycles. The average Bonchev–Trinajstić information content (AvgIpc) is 2.04. The van der Waals surface area contributed by atoms with E-state index in [1.807, 2.05) is 12.2 Å². The number of allylic oxidation sites excluding steroid dienone is 3. The minimum atomic E-state index is 0.286. The third kappa shape index (κ3) is 2.55. The van der Waals surface area contributed by atoms with Crippen molar-refractivity contribution in [3.63, 3.8) is 0 Å². The topological polar surface area (TPSA) is 17.1 Å². The first kappa shape index (κ1) is 10.2. The highest BCUT2D eigenvalue weighted by Gasteiger charge is 2.22. The van der Waals surface area contributed by atoms with E-state index in [0.717, 1.165) is 19.3 Å². The lowest BCUT2D eigenvalue weighted by molar-refractivity contribution is -0.115. The quantitative estimate of drug-likeness (QED) is 0.607. The Morgan fingerprint density at radius 2 is 2.38 bits per heavy atom. The summed E-state index contributed by atoms with van der Waals surface area (Å²) >= 11 is 0. The second-order valence-corrected chi connectivity index (χ2v) is 4.07. The Bertz CT molecular complexity index is 236. The van der Waals surface area contributed by atoms with Crippen molar-refractivity contribution >= 4 is 5.78 Å². The fourth-order valence-electron chi connectivity index (χ4n) is 2.01. The van der Waals surface area contributed by atoms with Crippen LogP contribution in [0.15, 0.2) is 24.3 Å². The summed E-state index contributed by atoms with van der Waals surface area (Å²) in [5, 5.41) is 0. The molecule has 1 aliphatic carbocycles. The molecule has 72 valence electrons. The van der Waals surface area contributed by atoms with Gasteiger partial charge in [0.15, 0.2) is 5.78 Å². The average molecular weight is 178 g/mol. The minimum absolute atomic E-state index is 0.286. The molecule has 0 aromatic rings. The third-order valence-electron chi connectivity index (χ3n) is 2.71. The maximum Gasteiger partial charge on any atom is 0.155 e.